The molecule has 1 unspecified atom stereocenters. The van der Waals surface area contributed by atoms with Crippen molar-refractivity contribution >= 4 is 5.97 Å². The Bertz CT molecular complexity index is 130. The van der Waals surface area contributed by atoms with Crippen LogP contribution in [0.15, 0.2) is 0 Å². The minimum absolute atomic E-state index is 0.0842. The third-order valence-corrected chi connectivity index (χ3v) is 1.18. The van der Waals surface area contributed by atoms with Crippen LogP contribution in [-0.4, -0.2) is 30.1 Å². The van der Waals surface area contributed by atoms with Crippen molar-refractivity contribution in [2.75, 3.05) is 6.54 Å². The fraction of sp³-hybridized carbons (Fsp3) is 0.833. The summed E-state index contributed by atoms with van der Waals surface area (Å²) in [5, 5.41) is 10.5. The Balaban J connectivity index is 3.31. The maximum atomic E-state index is 11.7. The molecule has 0 aliphatic carbocycles. The van der Waals surface area contributed by atoms with Crippen molar-refractivity contribution < 1.29 is 18.7 Å². The molecular weight excluding hydrogens is 156 g/mol. The lowest BCUT2D eigenvalue weighted by Gasteiger charge is -2.10. The van der Waals surface area contributed by atoms with E-state index in [9.17, 15) is 13.6 Å². The second-order valence-electron chi connectivity index (χ2n) is 2.22. The van der Waals surface area contributed by atoms with Gasteiger partial charge in [-0.15, -0.1) is 0 Å². The van der Waals surface area contributed by atoms with E-state index < -0.39 is 18.4 Å². The minimum Gasteiger partial charge on any atom is -0.481 e. The fourth-order valence-corrected chi connectivity index (χ4v) is 0.496. The first-order valence-corrected chi connectivity index (χ1v) is 3.27. The van der Waals surface area contributed by atoms with E-state index >= 15 is 0 Å². The maximum Gasteiger partial charge on any atom is 0.304 e. The quantitative estimate of drug-likeness (QED) is 0.633. The molecule has 0 amide bonds. The van der Waals surface area contributed by atoms with E-state index in [2.05, 4.69) is 5.32 Å². The van der Waals surface area contributed by atoms with Gasteiger partial charge in [-0.25, -0.2) is 8.78 Å². The summed E-state index contributed by atoms with van der Waals surface area (Å²) in [6.07, 6.45) is -2.57. The smallest absolute Gasteiger partial charge is 0.304 e. The summed E-state index contributed by atoms with van der Waals surface area (Å²) in [4.78, 5) is 9.92. The number of alkyl halides is 2. The van der Waals surface area contributed by atoms with Crippen molar-refractivity contribution in [2.45, 2.75) is 25.8 Å². The highest BCUT2D eigenvalue weighted by atomic mass is 19.3. The minimum atomic E-state index is -2.44. The lowest BCUT2D eigenvalue weighted by atomic mass is 10.3. The van der Waals surface area contributed by atoms with Crippen LogP contribution < -0.4 is 5.32 Å². The average molecular weight is 167 g/mol. The number of aliphatic carboxylic acids is 1. The molecule has 0 radical (unpaired) electrons. The zero-order valence-electron chi connectivity index (χ0n) is 6.18. The van der Waals surface area contributed by atoms with Crippen molar-refractivity contribution in [1.29, 1.82) is 0 Å². The Kier molecular flexibility index (Phi) is 4.69. The van der Waals surface area contributed by atoms with Crippen LogP contribution in [0.4, 0.5) is 8.78 Å². The Morgan fingerprint density at radius 1 is 1.64 bits per heavy atom. The van der Waals surface area contributed by atoms with Gasteiger partial charge in [-0.05, 0) is 6.92 Å². The van der Waals surface area contributed by atoms with Crippen LogP contribution in [0.5, 0.6) is 0 Å². The van der Waals surface area contributed by atoms with Crippen molar-refractivity contribution in [2.24, 2.45) is 0 Å². The highest BCUT2D eigenvalue weighted by molar-refractivity contribution is 5.66. The topological polar surface area (TPSA) is 49.3 Å². The van der Waals surface area contributed by atoms with Crippen molar-refractivity contribution in [1.82, 2.24) is 5.32 Å². The molecule has 0 saturated heterocycles. The second-order valence-corrected chi connectivity index (χ2v) is 2.22. The zero-order chi connectivity index (χ0) is 8.85. The van der Waals surface area contributed by atoms with Gasteiger partial charge in [0, 0.05) is 6.54 Å². The first kappa shape index (κ1) is 10.3. The molecule has 0 bridgehead atoms. The number of hydrogen-bond acceptors (Lipinski definition) is 2. The van der Waals surface area contributed by atoms with Crippen LogP contribution >= 0.6 is 0 Å². The van der Waals surface area contributed by atoms with E-state index in [1.807, 2.05) is 0 Å². The Labute approximate surface area is 63.4 Å². The van der Waals surface area contributed by atoms with Crippen LogP contribution in [0.3, 0.4) is 0 Å². The van der Waals surface area contributed by atoms with E-state index in [4.69, 9.17) is 5.11 Å². The molecule has 0 aliphatic rings. The van der Waals surface area contributed by atoms with Gasteiger partial charge in [0.2, 0.25) is 0 Å². The first-order valence-electron chi connectivity index (χ1n) is 3.27. The fourth-order valence-electron chi connectivity index (χ4n) is 0.496. The molecule has 5 heteroatoms. The van der Waals surface area contributed by atoms with Gasteiger partial charge >= 0.3 is 5.97 Å². The highest BCUT2D eigenvalue weighted by Gasteiger charge is 2.13. The third kappa shape index (κ3) is 5.72. The van der Waals surface area contributed by atoms with Gasteiger partial charge in [0.1, 0.15) is 0 Å². The predicted octanol–water partition coefficient (Wildman–Crippen LogP) is 0.704. The largest absolute Gasteiger partial charge is 0.481 e. The Hall–Kier alpha value is -0.710. The van der Waals surface area contributed by atoms with Gasteiger partial charge in [-0.1, -0.05) is 0 Å². The second kappa shape index (κ2) is 5.01. The number of carboxylic acid groups (broad SMARTS) is 1. The van der Waals surface area contributed by atoms with Crippen molar-refractivity contribution in [3.8, 4) is 0 Å². The summed E-state index contributed by atoms with van der Waals surface area (Å²) in [5.41, 5.74) is 0. The summed E-state index contributed by atoms with van der Waals surface area (Å²) >= 11 is 0. The van der Waals surface area contributed by atoms with Crippen LogP contribution in [0.1, 0.15) is 13.3 Å². The lowest BCUT2D eigenvalue weighted by Crippen LogP contribution is -2.34. The van der Waals surface area contributed by atoms with Crippen LogP contribution in [0.25, 0.3) is 0 Å². The first-order chi connectivity index (χ1) is 5.04. The number of carboxylic acids is 1. The van der Waals surface area contributed by atoms with E-state index in [0.717, 1.165) is 0 Å². The summed E-state index contributed by atoms with van der Waals surface area (Å²) in [5.74, 6) is -0.987. The SMILES string of the molecule is CC(NCCC(=O)O)C(F)F. The number of rotatable bonds is 5. The van der Waals surface area contributed by atoms with E-state index in [-0.39, 0.29) is 13.0 Å². The summed E-state index contributed by atoms with van der Waals surface area (Å²) < 4.78 is 23.5. The van der Waals surface area contributed by atoms with Gasteiger partial charge in [0.05, 0.1) is 12.5 Å². The summed E-state index contributed by atoms with van der Waals surface area (Å²) in [7, 11) is 0. The molecule has 1 atom stereocenters. The number of nitrogens with one attached hydrogen (secondary N) is 1. The number of hydrogen-bond donors (Lipinski definition) is 2. The van der Waals surface area contributed by atoms with Crippen LogP contribution in [0, 0.1) is 0 Å². The third-order valence-electron chi connectivity index (χ3n) is 1.18. The molecular formula is C6H11F2NO2. The van der Waals surface area contributed by atoms with Crippen molar-refractivity contribution in [3.05, 3.63) is 0 Å². The van der Waals surface area contributed by atoms with Gasteiger partial charge in [-0.2, -0.15) is 0 Å². The average Bonchev–Trinajstić information content (AvgIpc) is 1.86. The van der Waals surface area contributed by atoms with Crippen LogP contribution in [-0.2, 0) is 4.79 Å². The number of carbonyl (C=O) groups is 1. The van der Waals surface area contributed by atoms with Gasteiger partial charge in [-0.3, -0.25) is 4.79 Å². The predicted molar refractivity (Wildman–Crippen MR) is 35.7 cm³/mol. The number of halogens is 2. The normalized spacial score (nSPS) is 13.5. The summed E-state index contributed by atoms with van der Waals surface area (Å²) in [6, 6.07) is -0.936. The molecule has 0 aliphatic heterocycles. The molecule has 11 heavy (non-hydrogen) atoms. The Morgan fingerprint density at radius 2 is 2.18 bits per heavy atom. The van der Waals surface area contributed by atoms with E-state index in [1.54, 1.807) is 0 Å². The van der Waals surface area contributed by atoms with Gasteiger partial charge < -0.3 is 10.4 Å². The highest BCUT2D eigenvalue weighted by Crippen LogP contribution is 1.98. The van der Waals surface area contributed by atoms with Gasteiger partial charge in [0.25, 0.3) is 6.43 Å². The van der Waals surface area contributed by atoms with Crippen molar-refractivity contribution in [3.63, 3.8) is 0 Å². The zero-order valence-corrected chi connectivity index (χ0v) is 6.18. The van der Waals surface area contributed by atoms with Crippen LogP contribution in [0.2, 0.25) is 0 Å². The maximum absolute atomic E-state index is 11.7. The Morgan fingerprint density at radius 3 is 2.55 bits per heavy atom. The molecule has 0 heterocycles. The molecule has 0 aromatic heterocycles. The molecule has 0 fully saturated rings. The molecule has 2 N–H and O–H groups in total. The molecule has 0 saturated carbocycles. The molecule has 0 aromatic rings. The monoisotopic (exact) mass is 167 g/mol. The van der Waals surface area contributed by atoms with E-state index in [1.165, 1.54) is 6.92 Å². The molecule has 0 rings (SSSR count). The molecule has 0 spiro atoms. The molecule has 0 aromatic carbocycles. The molecule has 3 nitrogen and oxygen atoms in total. The van der Waals surface area contributed by atoms with E-state index in [0.29, 0.717) is 0 Å². The summed E-state index contributed by atoms with van der Waals surface area (Å²) in [6.45, 7) is 1.40. The standard InChI is InChI=1S/C6H11F2NO2/c1-4(6(7)8)9-3-2-5(10)11/h4,6,9H,2-3H2,1H3,(H,10,11). The molecule has 66 valence electrons. The van der Waals surface area contributed by atoms with Gasteiger partial charge in [0.15, 0.2) is 0 Å². The lowest BCUT2D eigenvalue weighted by molar-refractivity contribution is -0.136.